The van der Waals surface area contributed by atoms with Crippen molar-refractivity contribution in [3.05, 3.63) is 45.5 Å². The van der Waals surface area contributed by atoms with Crippen LogP contribution in [0.15, 0.2) is 24.5 Å². The summed E-state index contributed by atoms with van der Waals surface area (Å²) in [5.41, 5.74) is 0.315. The summed E-state index contributed by atoms with van der Waals surface area (Å²) >= 11 is 5.72. The smallest absolute Gasteiger partial charge is 0.293 e. The second-order valence-electron chi connectivity index (χ2n) is 3.61. The number of aromatic nitrogens is 3. The van der Waals surface area contributed by atoms with E-state index in [1.54, 1.807) is 30.2 Å². The number of rotatable bonds is 4. The molecule has 0 aliphatic heterocycles. The summed E-state index contributed by atoms with van der Waals surface area (Å²) in [5, 5.41) is 18.2. The summed E-state index contributed by atoms with van der Waals surface area (Å²) in [4.78, 5) is 14.4. The Morgan fingerprint density at radius 2 is 2.33 bits per heavy atom. The highest BCUT2D eigenvalue weighted by atomic mass is 35.5. The monoisotopic (exact) mass is 267 g/mol. The Labute approximate surface area is 108 Å². The lowest BCUT2D eigenvalue weighted by Gasteiger charge is -2.05. The molecular weight excluding hydrogens is 258 g/mol. The highest BCUT2D eigenvalue weighted by molar-refractivity contribution is 6.30. The summed E-state index contributed by atoms with van der Waals surface area (Å²) in [6, 6.07) is 4.45. The molecule has 0 fully saturated rings. The first-order valence-corrected chi connectivity index (χ1v) is 5.46. The standard InChI is InChI=1S/C10H10ClN5O2/c1-15-6-13-10(14-15)5-12-8-3-2-7(11)4-9(8)16(17)18/h2-4,6,12H,5H2,1H3. The minimum Gasteiger partial charge on any atom is -0.372 e. The molecule has 0 aliphatic carbocycles. The van der Waals surface area contributed by atoms with Crippen LogP contribution in [0.5, 0.6) is 0 Å². The Bertz CT molecular complexity index is 583. The van der Waals surface area contributed by atoms with Crippen molar-refractivity contribution in [2.45, 2.75) is 6.54 Å². The molecule has 0 aliphatic rings. The Balaban J connectivity index is 2.16. The lowest BCUT2D eigenvalue weighted by Crippen LogP contribution is -2.04. The number of hydrogen-bond donors (Lipinski definition) is 1. The zero-order valence-electron chi connectivity index (χ0n) is 9.50. The molecule has 2 aromatic rings. The van der Waals surface area contributed by atoms with Crippen LogP contribution in [0.2, 0.25) is 5.02 Å². The Morgan fingerprint density at radius 3 is 2.94 bits per heavy atom. The molecule has 1 aromatic carbocycles. The van der Waals surface area contributed by atoms with E-state index in [2.05, 4.69) is 15.4 Å². The zero-order chi connectivity index (χ0) is 13.1. The van der Waals surface area contributed by atoms with E-state index in [0.29, 0.717) is 23.1 Å². The van der Waals surface area contributed by atoms with Crippen molar-refractivity contribution < 1.29 is 4.92 Å². The van der Waals surface area contributed by atoms with E-state index >= 15 is 0 Å². The van der Waals surface area contributed by atoms with Crippen LogP contribution in [0.1, 0.15) is 5.82 Å². The number of benzene rings is 1. The first kappa shape index (κ1) is 12.3. The van der Waals surface area contributed by atoms with Gasteiger partial charge in [-0.2, -0.15) is 5.10 Å². The van der Waals surface area contributed by atoms with E-state index < -0.39 is 4.92 Å². The molecule has 18 heavy (non-hydrogen) atoms. The van der Waals surface area contributed by atoms with Crippen molar-refractivity contribution in [2.24, 2.45) is 7.05 Å². The van der Waals surface area contributed by atoms with Crippen molar-refractivity contribution >= 4 is 23.0 Å². The average Bonchev–Trinajstić information content (AvgIpc) is 2.73. The Kier molecular flexibility index (Phi) is 3.42. The average molecular weight is 268 g/mol. The fourth-order valence-corrected chi connectivity index (χ4v) is 1.61. The zero-order valence-corrected chi connectivity index (χ0v) is 10.3. The van der Waals surface area contributed by atoms with Crippen LogP contribution in [0, 0.1) is 10.1 Å². The van der Waals surface area contributed by atoms with Crippen LogP contribution >= 0.6 is 11.6 Å². The highest BCUT2D eigenvalue weighted by Crippen LogP contribution is 2.27. The van der Waals surface area contributed by atoms with Crippen LogP contribution in [0.3, 0.4) is 0 Å². The number of aryl methyl sites for hydroxylation is 1. The minimum atomic E-state index is -0.486. The molecule has 1 aromatic heterocycles. The number of nitrogens with zero attached hydrogens (tertiary/aromatic N) is 4. The molecule has 0 saturated heterocycles. The molecule has 0 atom stereocenters. The number of hydrogen-bond acceptors (Lipinski definition) is 5. The van der Waals surface area contributed by atoms with Gasteiger partial charge in [0, 0.05) is 18.1 Å². The summed E-state index contributed by atoms with van der Waals surface area (Å²) in [6.07, 6.45) is 1.56. The summed E-state index contributed by atoms with van der Waals surface area (Å²) < 4.78 is 1.56. The largest absolute Gasteiger partial charge is 0.372 e. The quantitative estimate of drug-likeness (QED) is 0.676. The predicted octanol–water partition coefficient (Wildman–Crippen LogP) is 1.99. The molecule has 0 amide bonds. The van der Waals surface area contributed by atoms with Gasteiger partial charge in [-0.1, -0.05) is 11.6 Å². The molecule has 0 spiro atoms. The van der Waals surface area contributed by atoms with Gasteiger partial charge in [-0.25, -0.2) is 4.98 Å². The SMILES string of the molecule is Cn1cnc(CNc2ccc(Cl)cc2[N+](=O)[O-])n1. The van der Waals surface area contributed by atoms with Crippen molar-refractivity contribution in [3.63, 3.8) is 0 Å². The fraction of sp³-hybridized carbons (Fsp3) is 0.200. The van der Waals surface area contributed by atoms with E-state index in [4.69, 9.17) is 11.6 Å². The van der Waals surface area contributed by atoms with E-state index in [1.807, 2.05) is 0 Å². The predicted molar refractivity (Wildman–Crippen MR) is 66.4 cm³/mol. The van der Waals surface area contributed by atoms with Gasteiger partial charge in [0.1, 0.15) is 12.0 Å². The van der Waals surface area contributed by atoms with Crippen LogP contribution in [0.4, 0.5) is 11.4 Å². The normalized spacial score (nSPS) is 10.3. The first-order valence-electron chi connectivity index (χ1n) is 5.08. The molecule has 94 valence electrons. The summed E-state index contributed by atoms with van der Waals surface area (Å²) in [6.45, 7) is 0.309. The number of anilines is 1. The minimum absolute atomic E-state index is 0.0709. The fourth-order valence-electron chi connectivity index (χ4n) is 1.44. The van der Waals surface area contributed by atoms with Gasteiger partial charge >= 0.3 is 0 Å². The van der Waals surface area contributed by atoms with Gasteiger partial charge < -0.3 is 5.32 Å². The molecule has 7 nitrogen and oxygen atoms in total. The molecule has 1 heterocycles. The van der Waals surface area contributed by atoms with Gasteiger partial charge in [0.15, 0.2) is 5.82 Å². The van der Waals surface area contributed by atoms with Gasteiger partial charge in [0.05, 0.1) is 11.5 Å². The van der Waals surface area contributed by atoms with E-state index in [1.165, 1.54) is 6.07 Å². The Hall–Kier alpha value is -2.15. The van der Waals surface area contributed by atoms with Crippen LogP contribution in [-0.4, -0.2) is 19.7 Å². The van der Waals surface area contributed by atoms with Gasteiger partial charge in [-0.3, -0.25) is 14.8 Å². The molecule has 0 bridgehead atoms. The van der Waals surface area contributed by atoms with E-state index in [-0.39, 0.29) is 5.69 Å². The van der Waals surface area contributed by atoms with Crippen molar-refractivity contribution in [3.8, 4) is 0 Å². The van der Waals surface area contributed by atoms with Crippen molar-refractivity contribution in [2.75, 3.05) is 5.32 Å². The molecule has 0 radical (unpaired) electrons. The second-order valence-corrected chi connectivity index (χ2v) is 4.04. The van der Waals surface area contributed by atoms with Gasteiger partial charge in [0.25, 0.3) is 5.69 Å². The Morgan fingerprint density at radius 1 is 1.56 bits per heavy atom. The number of halogens is 1. The third-order valence-electron chi connectivity index (χ3n) is 2.24. The lowest BCUT2D eigenvalue weighted by molar-refractivity contribution is -0.383. The summed E-state index contributed by atoms with van der Waals surface area (Å²) in [5.74, 6) is 0.557. The molecule has 2 rings (SSSR count). The number of nitro groups is 1. The first-order chi connectivity index (χ1) is 8.56. The topological polar surface area (TPSA) is 85.9 Å². The highest BCUT2D eigenvalue weighted by Gasteiger charge is 2.14. The maximum Gasteiger partial charge on any atom is 0.293 e. The van der Waals surface area contributed by atoms with E-state index in [0.717, 1.165) is 0 Å². The molecular formula is C10H10ClN5O2. The van der Waals surface area contributed by atoms with Gasteiger partial charge in [0.2, 0.25) is 0 Å². The van der Waals surface area contributed by atoms with Gasteiger partial charge in [-0.05, 0) is 12.1 Å². The third kappa shape index (κ3) is 2.75. The third-order valence-corrected chi connectivity index (χ3v) is 2.48. The van der Waals surface area contributed by atoms with Crippen molar-refractivity contribution in [1.82, 2.24) is 14.8 Å². The van der Waals surface area contributed by atoms with Crippen LogP contribution in [-0.2, 0) is 13.6 Å². The molecule has 1 N–H and O–H groups in total. The maximum absolute atomic E-state index is 10.9. The van der Waals surface area contributed by atoms with Crippen molar-refractivity contribution in [1.29, 1.82) is 0 Å². The summed E-state index contributed by atoms with van der Waals surface area (Å²) in [7, 11) is 1.75. The van der Waals surface area contributed by atoms with E-state index in [9.17, 15) is 10.1 Å². The maximum atomic E-state index is 10.9. The van der Waals surface area contributed by atoms with Gasteiger partial charge in [-0.15, -0.1) is 0 Å². The number of nitrogens with one attached hydrogen (secondary N) is 1. The van der Waals surface area contributed by atoms with Crippen LogP contribution < -0.4 is 5.32 Å². The van der Waals surface area contributed by atoms with Crippen LogP contribution in [0.25, 0.3) is 0 Å². The second kappa shape index (κ2) is 5.01. The molecule has 0 unspecified atom stereocenters. The molecule has 8 heteroatoms. The molecule has 0 saturated carbocycles. The lowest BCUT2D eigenvalue weighted by atomic mass is 10.2. The number of nitro benzene ring substituents is 1.